The number of unbranched alkanes of at least 4 members (excludes halogenated alkanes) is 26. The lowest BCUT2D eigenvalue weighted by molar-refractivity contribution is -0.134. The van der Waals surface area contributed by atoms with Crippen molar-refractivity contribution in [3.63, 3.8) is 0 Å². The first-order chi connectivity index (χ1) is 20.5. The van der Waals surface area contributed by atoms with Crippen LogP contribution in [0.15, 0.2) is 12.2 Å². The minimum atomic E-state index is -4.23. The number of carbonyl (C=O) groups excluding carboxylic acids is 1. The molecule has 250 valence electrons. The summed E-state index contributed by atoms with van der Waals surface area (Å²) in [6.07, 6.45) is 40.3. The Bertz CT molecular complexity index is 689. The second-order valence-electron chi connectivity index (χ2n) is 12.3. The third-order valence-electron chi connectivity index (χ3n) is 8.06. The smallest absolute Gasteiger partial charge is 0.325 e. The van der Waals surface area contributed by atoms with Crippen molar-refractivity contribution >= 4 is 16.4 Å². The zero-order valence-electron chi connectivity index (χ0n) is 28.0. The lowest BCUT2D eigenvalue weighted by atomic mass is 10.0. The predicted octanol–water partition coefficient (Wildman–Crippen LogP) is 12.1. The SMILES string of the molecule is CCCCCCCCC=CCCCCCCCC(=O)OS(=O)(=O)OCCCCCCCCCCCCCCCCCC. The quantitative estimate of drug-likeness (QED) is 0.0532. The summed E-state index contributed by atoms with van der Waals surface area (Å²) in [6, 6.07) is 0. The van der Waals surface area contributed by atoms with Crippen LogP contribution in [0.3, 0.4) is 0 Å². The highest BCUT2D eigenvalue weighted by molar-refractivity contribution is 7.82. The lowest BCUT2D eigenvalue weighted by Gasteiger charge is -2.06. The molecule has 0 fully saturated rings. The van der Waals surface area contributed by atoms with Gasteiger partial charge < -0.3 is 4.18 Å². The summed E-state index contributed by atoms with van der Waals surface area (Å²) in [4.78, 5) is 11.9. The largest absolute Gasteiger partial charge is 0.451 e. The standard InChI is InChI=1S/C36H70O5S/c1-3-5-7-9-11-13-15-17-19-21-23-25-27-29-31-33-35-40-42(38,39)41-36(37)34-32-30-28-26-24-22-20-18-16-14-12-10-8-6-4-2/h18,20H,3-17,19,21-35H2,1-2H3. The van der Waals surface area contributed by atoms with Gasteiger partial charge in [-0.1, -0.05) is 174 Å². The molecule has 0 unspecified atom stereocenters. The monoisotopic (exact) mass is 614 g/mol. The van der Waals surface area contributed by atoms with Crippen molar-refractivity contribution in [3.05, 3.63) is 12.2 Å². The Hall–Kier alpha value is -0.880. The average molecular weight is 615 g/mol. The summed E-state index contributed by atoms with van der Waals surface area (Å²) >= 11 is 0. The van der Waals surface area contributed by atoms with Crippen molar-refractivity contribution in [1.82, 2.24) is 0 Å². The van der Waals surface area contributed by atoms with Crippen LogP contribution in [-0.2, 0) is 23.6 Å². The molecule has 0 N–H and O–H groups in total. The third kappa shape index (κ3) is 33.6. The van der Waals surface area contributed by atoms with Crippen LogP contribution in [0.5, 0.6) is 0 Å². The molecular weight excluding hydrogens is 544 g/mol. The van der Waals surface area contributed by atoms with Crippen molar-refractivity contribution in [1.29, 1.82) is 0 Å². The summed E-state index contributed by atoms with van der Waals surface area (Å²) < 4.78 is 33.2. The highest BCUT2D eigenvalue weighted by atomic mass is 32.3. The highest BCUT2D eigenvalue weighted by Crippen LogP contribution is 2.15. The Balaban J connectivity index is 3.44. The molecule has 0 saturated heterocycles. The molecule has 0 rings (SSSR count). The van der Waals surface area contributed by atoms with Gasteiger partial charge in [0, 0.05) is 6.42 Å². The normalized spacial score (nSPS) is 12.0. The molecule has 5 nitrogen and oxygen atoms in total. The zero-order chi connectivity index (χ0) is 30.8. The van der Waals surface area contributed by atoms with Gasteiger partial charge in [-0.2, -0.15) is 8.42 Å². The second-order valence-corrected chi connectivity index (χ2v) is 13.5. The van der Waals surface area contributed by atoms with E-state index in [1.54, 1.807) is 0 Å². The summed E-state index contributed by atoms with van der Waals surface area (Å²) in [5, 5.41) is 0. The van der Waals surface area contributed by atoms with Crippen LogP contribution in [0.1, 0.15) is 206 Å². The van der Waals surface area contributed by atoms with Crippen molar-refractivity contribution in [3.8, 4) is 0 Å². The minimum absolute atomic E-state index is 0.0848. The van der Waals surface area contributed by atoms with Crippen LogP contribution in [0.2, 0.25) is 0 Å². The molecule has 0 bridgehead atoms. The molecule has 0 amide bonds. The molecule has 0 aliphatic carbocycles. The number of hydrogen-bond donors (Lipinski definition) is 0. The van der Waals surface area contributed by atoms with E-state index in [4.69, 9.17) is 4.18 Å². The molecule has 0 radical (unpaired) electrons. The van der Waals surface area contributed by atoms with Crippen LogP contribution < -0.4 is 0 Å². The maximum absolute atomic E-state index is 11.9. The first-order valence-electron chi connectivity index (χ1n) is 18.3. The van der Waals surface area contributed by atoms with E-state index >= 15 is 0 Å². The van der Waals surface area contributed by atoms with Crippen molar-refractivity contribution in [2.75, 3.05) is 6.61 Å². The molecule has 0 aromatic carbocycles. The first-order valence-corrected chi connectivity index (χ1v) is 19.6. The van der Waals surface area contributed by atoms with Gasteiger partial charge in [-0.05, 0) is 38.5 Å². The van der Waals surface area contributed by atoms with E-state index in [9.17, 15) is 13.2 Å². The number of carbonyl (C=O) groups is 1. The van der Waals surface area contributed by atoms with Gasteiger partial charge in [0.25, 0.3) is 0 Å². The Morgan fingerprint density at radius 1 is 0.476 bits per heavy atom. The van der Waals surface area contributed by atoms with Gasteiger partial charge in [-0.25, -0.2) is 4.18 Å². The molecule has 0 aromatic rings. The molecule has 0 heterocycles. The Labute approximate surface area is 262 Å². The van der Waals surface area contributed by atoms with Gasteiger partial charge in [0.05, 0.1) is 6.61 Å². The van der Waals surface area contributed by atoms with Gasteiger partial charge in [0.2, 0.25) is 0 Å². The summed E-state index contributed by atoms with van der Waals surface area (Å²) in [7, 11) is -4.23. The summed E-state index contributed by atoms with van der Waals surface area (Å²) in [5.41, 5.74) is 0. The molecule has 0 aromatic heterocycles. The Morgan fingerprint density at radius 2 is 0.810 bits per heavy atom. The van der Waals surface area contributed by atoms with Crippen LogP contribution in [0, 0.1) is 0 Å². The average Bonchev–Trinajstić information content (AvgIpc) is 2.96. The fourth-order valence-corrected chi connectivity index (χ4v) is 6.01. The van der Waals surface area contributed by atoms with E-state index in [1.165, 1.54) is 135 Å². The zero-order valence-corrected chi connectivity index (χ0v) is 28.8. The Kier molecular flexibility index (Phi) is 32.3. The lowest BCUT2D eigenvalue weighted by Crippen LogP contribution is -2.16. The molecule has 0 spiro atoms. The second kappa shape index (κ2) is 33.0. The summed E-state index contributed by atoms with van der Waals surface area (Å²) in [6.45, 7) is 4.60. The molecule has 0 aliphatic rings. The maximum Gasteiger partial charge on any atom is 0.451 e. The number of hydrogen-bond acceptors (Lipinski definition) is 5. The molecule has 0 atom stereocenters. The number of allylic oxidation sites excluding steroid dienone is 2. The van der Waals surface area contributed by atoms with E-state index in [1.807, 2.05) is 0 Å². The van der Waals surface area contributed by atoms with Crippen LogP contribution in [0.25, 0.3) is 0 Å². The van der Waals surface area contributed by atoms with Gasteiger partial charge in [-0.3, -0.25) is 4.79 Å². The van der Waals surface area contributed by atoms with Gasteiger partial charge in [0.1, 0.15) is 0 Å². The van der Waals surface area contributed by atoms with Gasteiger partial charge in [0.15, 0.2) is 0 Å². The third-order valence-corrected chi connectivity index (χ3v) is 8.91. The fraction of sp³-hybridized carbons (Fsp3) is 0.917. The fourth-order valence-electron chi connectivity index (χ4n) is 5.33. The van der Waals surface area contributed by atoms with Crippen molar-refractivity contribution < 1.29 is 21.6 Å². The van der Waals surface area contributed by atoms with E-state index < -0.39 is 16.4 Å². The van der Waals surface area contributed by atoms with E-state index in [2.05, 4.69) is 30.2 Å². The molecule has 42 heavy (non-hydrogen) atoms. The highest BCUT2D eigenvalue weighted by Gasteiger charge is 2.17. The number of rotatable bonds is 34. The van der Waals surface area contributed by atoms with E-state index in [0.29, 0.717) is 12.8 Å². The van der Waals surface area contributed by atoms with Crippen molar-refractivity contribution in [2.45, 2.75) is 206 Å². The first kappa shape index (κ1) is 41.1. The van der Waals surface area contributed by atoms with E-state index in [-0.39, 0.29) is 13.0 Å². The Morgan fingerprint density at radius 3 is 1.21 bits per heavy atom. The maximum atomic E-state index is 11.9. The van der Waals surface area contributed by atoms with Crippen molar-refractivity contribution in [2.24, 2.45) is 0 Å². The van der Waals surface area contributed by atoms with E-state index in [0.717, 1.165) is 38.5 Å². The van der Waals surface area contributed by atoms with Crippen LogP contribution in [-0.4, -0.2) is 21.0 Å². The molecule has 0 aliphatic heterocycles. The molecular formula is C36H70O5S. The van der Waals surface area contributed by atoms with Crippen LogP contribution >= 0.6 is 0 Å². The topological polar surface area (TPSA) is 69.7 Å². The summed E-state index contributed by atoms with van der Waals surface area (Å²) in [5.74, 6) is -0.709. The van der Waals surface area contributed by atoms with Gasteiger partial charge in [-0.15, -0.1) is 0 Å². The van der Waals surface area contributed by atoms with Gasteiger partial charge >= 0.3 is 16.4 Å². The minimum Gasteiger partial charge on any atom is -0.325 e. The molecule has 0 saturated carbocycles. The predicted molar refractivity (Wildman–Crippen MR) is 180 cm³/mol. The van der Waals surface area contributed by atoms with Crippen LogP contribution in [0.4, 0.5) is 0 Å². The molecule has 6 heteroatoms.